The van der Waals surface area contributed by atoms with E-state index in [0.717, 1.165) is 18.8 Å². The Morgan fingerprint density at radius 3 is 2.33 bits per heavy atom. The summed E-state index contributed by atoms with van der Waals surface area (Å²) >= 11 is 0. The number of carboxylic acids is 1. The van der Waals surface area contributed by atoms with Gasteiger partial charge in [0.2, 0.25) is 0 Å². The van der Waals surface area contributed by atoms with Gasteiger partial charge in [0.1, 0.15) is 0 Å². The number of likely N-dealkylation sites (tertiary alicyclic amines) is 1. The molecule has 122 valence electrons. The molecular formula is C15H24F3NO2. The van der Waals surface area contributed by atoms with E-state index in [0.29, 0.717) is 6.54 Å². The van der Waals surface area contributed by atoms with Crippen molar-refractivity contribution in [3.8, 4) is 0 Å². The molecule has 0 spiro atoms. The van der Waals surface area contributed by atoms with Crippen LogP contribution in [0, 0.1) is 17.8 Å². The van der Waals surface area contributed by atoms with Crippen LogP contribution in [0.3, 0.4) is 0 Å². The Balaban J connectivity index is 1.78. The summed E-state index contributed by atoms with van der Waals surface area (Å²) in [7, 11) is 0. The van der Waals surface area contributed by atoms with Gasteiger partial charge in [-0.15, -0.1) is 0 Å². The average molecular weight is 307 g/mol. The van der Waals surface area contributed by atoms with E-state index in [1.165, 1.54) is 32.1 Å². The van der Waals surface area contributed by atoms with Gasteiger partial charge in [-0.05, 0) is 25.3 Å². The molecule has 0 amide bonds. The monoisotopic (exact) mass is 307 g/mol. The summed E-state index contributed by atoms with van der Waals surface area (Å²) in [6.45, 7) is 0.460. The highest BCUT2D eigenvalue weighted by Gasteiger charge is 2.52. The molecule has 1 heterocycles. The van der Waals surface area contributed by atoms with Gasteiger partial charge in [0, 0.05) is 13.1 Å². The molecule has 0 aromatic heterocycles. The van der Waals surface area contributed by atoms with Crippen LogP contribution in [0.2, 0.25) is 0 Å². The lowest BCUT2D eigenvalue weighted by atomic mass is 9.86. The maximum atomic E-state index is 12.9. The van der Waals surface area contributed by atoms with Crippen LogP contribution >= 0.6 is 0 Å². The standard InChI is InChI=1S/C15H24F3NO2/c16-15(17,18)13-10-19(9-12(13)14(20)21)8-4-7-11-5-2-1-3-6-11/h11-13H,1-10H2,(H,20,21)/t12-,13-/m1/s1. The third kappa shape index (κ3) is 4.59. The van der Waals surface area contributed by atoms with Crippen molar-refractivity contribution in [2.75, 3.05) is 19.6 Å². The second-order valence-electron chi connectivity index (χ2n) is 6.50. The Kier molecular flexibility index (Phi) is 5.52. The number of alkyl halides is 3. The van der Waals surface area contributed by atoms with Gasteiger partial charge in [0.15, 0.2) is 0 Å². The molecule has 1 saturated carbocycles. The molecule has 1 N–H and O–H groups in total. The predicted molar refractivity (Wildman–Crippen MR) is 72.9 cm³/mol. The Bertz CT molecular complexity index is 353. The minimum Gasteiger partial charge on any atom is -0.481 e. The highest BCUT2D eigenvalue weighted by Crippen LogP contribution is 2.38. The van der Waals surface area contributed by atoms with Crippen molar-refractivity contribution >= 4 is 5.97 Å². The average Bonchev–Trinajstić information content (AvgIpc) is 2.84. The van der Waals surface area contributed by atoms with Crippen molar-refractivity contribution in [1.29, 1.82) is 0 Å². The molecule has 2 aliphatic rings. The molecule has 0 unspecified atom stereocenters. The maximum Gasteiger partial charge on any atom is 0.393 e. The number of rotatable bonds is 5. The van der Waals surface area contributed by atoms with Gasteiger partial charge in [-0.25, -0.2) is 0 Å². The first-order chi connectivity index (χ1) is 9.88. The quantitative estimate of drug-likeness (QED) is 0.844. The van der Waals surface area contributed by atoms with Crippen LogP contribution in [0.1, 0.15) is 44.9 Å². The molecular weight excluding hydrogens is 283 g/mol. The first kappa shape index (κ1) is 16.6. The molecule has 1 aliphatic carbocycles. The van der Waals surface area contributed by atoms with Crippen LogP contribution in [0.15, 0.2) is 0 Å². The summed E-state index contributed by atoms with van der Waals surface area (Å²) in [5.41, 5.74) is 0. The normalized spacial score (nSPS) is 28.9. The van der Waals surface area contributed by atoms with Gasteiger partial charge in [0.05, 0.1) is 11.8 Å². The first-order valence-corrected chi connectivity index (χ1v) is 7.90. The van der Waals surface area contributed by atoms with E-state index in [-0.39, 0.29) is 13.1 Å². The largest absolute Gasteiger partial charge is 0.481 e. The summed E-state index contributed by atoms with van der Waals surface area (Å²) in [5, 5.41) is 8.97. The van der Waals surface area contributed by atoms with Gasteiger partial charge in [0.25, 0.3) is 0 Å². The van der Waals surface area contributed by atoms with Crippen molar-refractivity contribution in [2.24, 2.45) is 17.8 Å². The zero-order chi connectivity index (χ0) is 15.5. The summed E-state index contributed by atoms with van der Waals surface area (Å²) < 4.78 is 38.6. The third-order valence-electron chi connectivity index (χ3n) is 4.94. The number of nitrogens with zero attached hydrogens (tertiary/aromatic N) is 1. The van der Waals surface area contributed by atoms with E-state index in [1.807, 2.05) is 0 Å². The summed E-state index contributed by atoms with van der Waals surface area (Å²) in [6.07, 6.45) is 3.84. The Morgan fingerprint density at radius 1 is 1.14 bits per heavy atom. The zero-order valence-electron chi connectivity index (χ0n) is 12.2. The summed E-state index contributed by atoms with van der Waals surface area (Å²) in [5.74, 6) is -3.63. The number of halogens is 3. The van der Waals surface area contributed by atoms with Gasteiger partial charge < -0.3 is 10.0 Å². The van der Waals surface area contributed by atoms with Gasteiger partial charge >= 0.3 is 12.1 Å². The maximum absolute atomic E-state index is 12.9. The predicted octanol–water partition coefficient (Wildman–Crippen LogP) is 3.54. The fourth-order valence-corrected chi connectivity index (χ4v) is 3.73. The molecule has 0 aromatic rings. The molecule has 1 aliphatic heterocycles. The fraction of sp³-hybridized carbons (Fsp3) is 0.933. The van der Waals surface area contributed by atoms with Crippen LogP contribution in [-0.2, 0) is 4.79 Å². The van der Waals surface area contributed by atoms with Crippen LogP contribution < -0.4 is 0 Å². The van der Waals surface area contributed by atoms with Gasteiger partial charge in [-0.2, -0.15) is 13.2 Å². The lowest BCUT2D eigenvalue weighted by Gasteiger charge is -2.23. The smallest absolute Gasteiger partial charge is 0.393 e. The minimum atomic E-state index is -4.42. The van der Waals surface area contributed by atoms with E-state index in [2.05, 4.69) is 0 Å². The molecule has 3 nitrogen and oxygen atoms in total. The van der Waals surface area contributed by atoms with Gasteiger partial charge in [-0.3, -0.25) is 4.79 Å². The Labute approximate surface area is 123 Å². The van der Waals surface area contributed by atoms with Crippen LogP contribution in [-0.4, -0.2) is 41.8 Å². The summed E-state index contributed by atoms with van der Waals surface area (Å²) in [4.78, 5) is 12.7. The second kappa shape index (κ2) is 6.99. The summed E-state index contributed by atoms with van der Waals surface area (Å²) in [6, 6.07) is 0. The SMILES string of the molecule is O=C(O)[C@@H]1CN(CCCC2CCCCC2)C[C@H]1C(F)(F)F. The lowest BCUT2D eigenvalue weighted by molar-refractivity contribution is -0.188. The molecule has 2 rings (SSSR count). The number of hydrogen-bond acceptors (Lipinski definition) is 2. The molecule has 2 atom stereocenters. The Hall–Kier alpha value is -0.780. The minimum absolute atomic E-state index is 0.0319. The van der Waals surface area contributed by atoms with E-state index >= 15 is 0 Å². The van der Waals surface area contributed by atoms with E-state index in [9.17, 15) is 18.0 Å². The highest BCUT2D eigenvalue weighted by atomic mass is 19.4. The zero-order valence-corrected chi connectivity index (χ0v) is 12.2. The van der Waals surface area contributed by atoms with Crippen LogP contribution in [0.5, 0.6) is 0 Å². The second-order valence-corrected chi connectivity index (χ2v) is 6.50. The first-order valence-electron chi connectivity index (χ1n) is 7.90. The van der Waals surface area contributed by atoms with Crippen molar-refractivity contribution in [1.82, 2.24) is 4.90 Å². The van der Waals surface area contributed by atoms with Crippen molar-refractivity contribution in [2.45, 2.75) is 51.1 Å². The van der Waals surface area contributed by atoms with Crippen molar-refractivity contribution < 1.29 is 23.1 Å². The lowest BCUT2D eigenvalue weighted by Crippen LogP contribution is -2.33. The number of aliphatic carboxylic acids is 1. The van der Waals surface area contributed by atoms with Gasteiger partial charge in [-0.1, -0.05) is 32.1 Å². The number of carbonyl (C=O) groups is 1. The number of hydrogen-bond donors (Lipinski definition) is 1. The van der Waals surface area contributed by atoms with Crippen molar-refractivity contribution in [3.63, 3.8) is 0 Å². The van der Waals surface area contributed by atoms with Crippen molar-refractivity contribution in [3.05, 3.63) is 0 Å². The third-order valence-corrected chi connectivity index (χ3v) is 4.94. The molecule has 0 bridgehead atoms. The highest BCUT2D eigenvalue weighted by molar-refractivity contribution is 5.71. The molecule has 2 fully saturated rings. The van der Waals surface area contributed by atoms with E-state index < -0.39 is 24.0 Å². The van der Waals surface area contributed by atoms with E-state index in [4.69, 9.17) is 5.11 Å². The topological polar surface area (TPSA) is 40.5 Å². The molecule has 6 heteroatoms. The van der Waals surface area contributed by atoms with Crippen LogP contribution in [0.4, 0.5) is 13.2 Å². The number of carboxylic acid groups (broad SMARTS) is 1. The molecule has 21 heavy (non-hydrogen) atoms. The molecule has 0 radical (unpaired) electrons. The fourth-order valence-electron chi connectivity index (χ4n) is 3.73. The molecule has 1 saturated heterocycles. The van der Waals surface area contributed by atoms with Crippen LogP contribution in [0.25, 0.3) is 0 Å². The Morgan fingerprint density at radius 2 is 1.81 bits per heavy atom. The molecule has 0 aromatic carbocycles. The van der Waals surface area contributed by atoms with E-state index in [1.54, 1.807) is 4.90 Å².